The van der Waals surface area contributed by atoms with Crippen molar-refractivity contribution in [2.24, 2.45) is 5.92 Å². The molecule has 34 heavy (non-hydrogen) atoms. The number of unbranched alkanes of at least 4 members (excludes halogenated alkanes) is 12. The minimum Gasteiger partial charge on any atom is -0.465 e. The Bertz CT molecular complexity index is 406. The first-order valence-corrected chi connectivity index (χ1v) is 15.2. The zero-order valence-corrected chi connectivity index (χ0v) is 23.5. The molecule has 0 aromatic heterocycles. The van der Waals surface area contributed by atoms with Crippen LogP contribution in [0.1, 0.15) is 149 Å². The molecule has 0 spiro atoms. The lowest BCUT2D eigenvalue weighted by Crippen LogP contribution is -2.27. The number of esters is 1. The fraction of sp³-hybridized carbons (Fsp3) is 0.967. The molecule has 1 N–H and O–H groups in total. The molecule has 0 saturated heterocycles. The Labute approximate surface area is 213 Å². The Morgan fingerprint density at radius 3 is 1.71 bits per heavy atom. The van der Waals surface area contributed by atoms with Crippen LogP contribution in [0.25, 0.3) is 0 Å². The molecule has 204 valence electrons. The number of rotatable bonds is 27. The first-order chi connectivity index (χ1) is 16.7. The number of hydrogen-bond donors (Lipinski definition) is 1. The molecule has 4 heteroatoms. The average Bonchev–Trinajstić information content (AvgIpc) is 2.84. The predicted octanol–water partition coefficient (Wildman–Crippen LogP) is 8.30. The summed E-state index contributed by atoms with van der Waals surface area (Å²) in [5, 5.41) is 9.05. The van der Waals surface area contributed by atoms with E-state index in [4.69, 9.17) is 9.84 Å². The number of carbonyl (C=O) groups is 1. The molecule has 0 aliphatic carbocycles. The topological polar surface area (TPSA) is 49.8 Å². The highest BCUT2D eigenvalue weighted by Crippen LogP contribution is 2.20. The molecule has 0 bridgehead atoms. The molecule has 0 rings (SSSR count). The van der Waals surface area contributed by atoms with Crippen LogP contribution in [0.3, 0.4) is 0 Å². The number of carbonyl (C=O) groups excluding carboxylic acids is 1. The van der Waals surface area contributed by atoms with Gasteiger partial charge in [-0.1, -0.05) is 97.8 Å². The molecule has 0 radical (unpaired) electrons. The average molecular weight is 484 g/mol. The molecule has 0 aromatic rings. The van der Waals surface area contributed by atoms with Crippen molar-refractivity contribution in [3.63, 3.8) is 0 Å². The molecule has 0 amide bonds. The molecule has 1 atom stereocenters. The van der Waals surface area contributed by atoms with Crippen molar-refractivity contribution in [3.8, 4) is 0 Å². The van der Waals surface area contributed by atoms with Crippen molar-refractivity contribution < 1.29 is 14.6 Å². The molecule has 0 aromatic carbocycles. The van der Waals surface area contributed by atoms with E-state index in [9.17, 15) is 4.79 Å². The predicted molar refractivity (Wildman–Crippen MR) is 147 cm³/mol. The molecule has 0 aliphatic rings. The maximum atomic E-state index is 12.4. The SMILES string of the molecule is CCCCCCCCC(CCCCCC)COC(=O)CCCCN(CCCCC)CCCCO. The number of nitrogens with zero attached hydrogens (tertiary/aromatic N) is 1. The van der Waals surface area contributed by atoms with Gasteiger partial charge in [0.1, 0.15) is 0 Å². The Morgan fingerprint density at radius 1 is 0.647 bits per heavy atom. The zero-order valence-electron chi connectivity index (χ0n) is 23.5. The number of aliphatic hydroxyl groups excluding tert-OH is 1. The highest BCUT2D eigenvalue weighted by Gasteiger charge is 2.13. The lowest BCUT2D eigenvalue weighted by Gasteiger charge is -2.22. The lowest BCUT2D eigenvalue weighted by molar-refractivity contribution is -0.145. The lowest BCUT2D eigenvalue weighted by atomic mass is 9.95. The van der Waals surface area contributed by atoms with E-state index in [-0.39, 0.29) is 12.6 Å². The second kappa shape index (κ2) is 27.0. The summed E-state index contributed by atoms with van der Waals surface area (Å²) in [6.45, 7) is 10.9. The van der Waals surface area contributed by atoms with Crippen LogP contribution in [0.2, 0.25) is 0 Å². The highest BCUT2D eigenvalue weighted by atomic mass is 16.5. The van der Waals surface area contributed by atoms with Gasteiger partial charge in [0.05, 0.1) is 6.61 Å². The van der Waals surface area contributed by atoms with Crippen LogP contribution in [0, 0.1) is 5.92 Å². The minimum absolute atomic E-state index is 0.000632. The Balaban J connectivity index is 4.16. The number of ether oxygens (including phenoxy) is 1. The van der Waals surface area contributed by atoms with Crippen LogP contribution in [-0.2, 0) is 9.53 Å². The molecule has 0 heterocycles. The van der Waals surface area contributed by atoms with Gasteiger partial charge < -0.3 is 14.7 Å². The summed E-state index contributed by atoms with van der Waals surface area (Å²) < 4.78 is 5.74. The van der Waals surface area contributed by atoms with Crippen molar-refractivity contribution in [2.75, 3.05) is 32.8 Å². The third-order valence-corrected chi connectivity index (χ3v) is 6.98. The fourth-order valence-corrected chi connectivity index (χ4v) is 4.64. The van der Waals surface area contributed by atoms with E-state index in [1.807, 2.05) is 0 Å². The van der Waals surface area contributed by atoms with E-state index in [0.717, 1.165) is 45.3 Å². The monoisotopic (exact) mass is 483 g/mol. The molecular weight excluding hydrogens is 422 g/mol. The van der Waals surface area contributed by atoms with E-state index in [1.165, 1.54) is 96.3 Å². The van der Waals surface area contributed by atoms with E-state index < -0.39 is 0 Å². The second-order valence-corrected chi connectivity index (χ2v) is 10.4. The largest absolute Gasteiger partial charge is 0.465 e. The number of hydrogen-bond acceptors (Lipinski definition) is 4. The standard InChI is InChI=1S/C30H61NO3/c1-4-7-10-12-13-15-22-29(21-14-11-8-5-2)28-34-30(33)23-16-18-25-31(24-17-9-6-3)26-19-20-27-32/h29,32H,4-28H2,1-3H3. The van der Waals surface area contributed by atoms with E-state index in [2.05, 4.69) is 25.7 Å². The third kappa shape index (κ3) is 23.1. The maximum Gasteiger partial charge on any atom is 0.305 e. The molecule has 0 fully saturated rings. The fourth-order valence-electron chi connectivity index (χ4n) is 4.64. The molecule has 0 aliphatic heterocycles. The summed E-state index contributed by atoms with van der Waals surface area (Å²) in [4.78, 5) is 14.9. The smallest absolute Gasteiger partial charge is 0.305 e. The molecule has 1 unspecified atom stereocenters. The first-order valence-electron chi connectivity index (χ1n) is 15.2. The second-order valence-electron chi connectivity index (χ2n) is 10.4. The zero-order chi connectivity index (χ0) is 25.1. The van der Waals surface area contributed by atoms with Gasteiger partial charge in [0.2, 0.25) is 0 Å². The van der Waals surface area contributed by atoms with Crippen molar-refractivity contribution in [3.05, 3.63) is 0 Å². The van der Waals surface area contributed by atoms with Crippen LogP contribution in [0.4, 0.5) is 0 Å². The van der Waals surface area contributed by atoms with Gasteiger partial charge in [-0.3, -0.25) is 4.79 Å². The van der Waals surface area contributed by atoms with Gasteiger partial charge in [-0.25, -0.2) is 0 Å². The van der Waals surface area contributed by atoms with Crippen molar-refractivity contribution >= 4 is 5.97 Å². The van der Waals surface area contributed by atoms with Gasteiger partial charge in [0, 0.05) is 13.0 Å². The van der Waals surface area contributed by atoms with Crippen LogP contribution >= 0.6 is 0 Å². The summed E-state index contributed by atoms with van der Waals surface area (Å²) in [5.74, 6) is 0.548. The summed E-state index contributed by atoms with van der Waals surface area (Å²) in [5.41, 5.74) is 0. The Morgan fingerprint density at radius 2 is 1.12 bits per heavy atom. The van der Waals surface area contributed by atoms with Crippen molar-refractivity contribution in [2.45, 2.75) is 149 Å². The van der Waals surface area contributed by atoms with Crippen LogP contribution in [-0.4, -0.2) is 48.8 Å². The van der Waals surface area contributed by atoms with Crippen LogP contribution in [0.5, 0.6) is 0 Å². The van der Waals surface area contributed by atoms with Crippen molar-refractivity contribution in [1.29, 1.82) is 0 Å². The number of aliphatic hydroxyl groups is 1. The van der Waals surface area contributed by atoms with Gasteiger partial charge in [-0.15, -0.1) is 0 Å². The summed E-state index contributed by atoms with van der Waals surface area (Å²) in [6.07, 6.45) is 23.8. The minimum atomic E-state index is -0.000632. The summed E-state index contributed by atoms with van der Waals surface area (Å²) in [7, 11) is 0. The maximum absolute atomic E-state index is 12.4. The third-order valence-electron chi connectivity index (χ3n) is 6.98. The van der Waals surface area contributed by atoms with Gasteiger partial charge in [0.25, 0.3) is 0 Å². The Kier molecular flexibility index (Phi) is 26.5. The van der Waals surface area contributed by atoms with Crippen molar-refractivity contribution in [1.82, 2.24) is 4.90 Å². The highest BCUT2D eigenvalue weighted by molar-refractivity contribution is 5.69. The van der Waals surface area contributed by atoms with Gasteiger partial charge in [-0.05, 0) is 70.5 Å². The van der Waals surface area contributed by atoms with E-state index >= 15 is 0 Å². The van der Waals surface area contributed by atoms with Crippen LogP contribution < -0.4 is 0 Å². The summed E-state index contributed by atoms with van der Waals surface area (Å²) >= 11 is 0. The normalized spacial score (nSPS) is 12.4. The molecular formula is C30H61NO3. The first kappa shape index (κ1) is 33.4. The summed E-state index contributed by atoms with van der Waals surface area (Å²) in [6, 6.07) is 0. The Hall–Kier alpha value is -0.610. The van der Waals surface area contributed by atoms with Gasteiger partial charge in [-0.2, -0.15) is 0 Å². The van der Waals surface area contributed by atoms with Gasteiger partial charge >= 0.3 is 5.97 Å². The van der Waals surface area contributed by atoms with E-state index in [0.29, 0.717) is 18.9 Å². The molecule has 4 nitrogen and oxygen atoms in total. The van der Waals surface area contributed by atoms with Crippen LogP contribution in [0.15, 0.2) is 0 Å². The quantitative estimate of drug-likeness (QED) is 0.0942. The van der Waals surface area contributed by atoms with E-state index in [1.54, 1.807) is 0 Å². The van der Waals surface area contributed by atoms with Gasteiger partial charge in [0.15, 0.2) is 0 Å². The molecule has 0 saturated carbocycles.